The van der Waals surface area contributed by atoms with Gasteiger partial charge >= 0.3 is 0 Å². The molecule has 0 unspecified atom stereocenters. The first-order chi connectivity index (χ1) is 9.61. The molecule has 0 atom stereocenters. The number of unbranched alkanes of at least 4 members (excludes halogenated alkanes) is 1. The van der Waals surface area contributed by atoms with Crippen molar-refractivity contribution in [2.75, 3.05) is 11.9 Å². The van der Waals surface area contributed by atoms with Crippen LogP contribution in [0.15, 0.2) is 24.3 Å². The van der Waals surface area contributed by atoms with Gasteiger partial charge in [0.15, 0.2) is 0 Å². The number of carbonyl (C=O) groups excluding carboxylic acids is 2. The van der Waals surface area contributed by atoms with Crippen molar-refractivity contribution < 1.29 is 9.59 Å². The number of rotatable bonds is 5. The topological polar surface area (TPSA) is 58.2 Å². The molecule has 0 radical (unpaired) electrons. The molecule has 0 aliphatic rings. The molecule has 0 heterocycles. The third-order valence-corrected chi connectivity index (χ3v) is 2.57. The molecular formula is C16H20N2O2. The Balaban J connectivity index is 2.39. The van der Waals surface area contributed by atoms with Crippen molar-refractivity contribution in [1.82, 2.24) is 5.32 Å². The van der Waals surface area contributed by atoms with Gasteiger partial charge in [-0.1, -0.05) is 25.2 Å². The fourth-order valence-electron chi connectivity index (χ4n) is 1.55. The molecule has 1 aromatic rings. The summed E-state index contributed by atoms with van der Waals surface area (Å²) < 4.78 is 0. The van der Waals surface area contributed by atoms with E-state index in [1.807, 2.05) is 12.1 Å². The van der Waals surface area contributed by atoms with Crippen LogP contribution in [0, 0.1) is 11.8 Å². The first kappa shape index (κ1) is 15.8. The fraction of sp³-hybridized carbons (Fsp3) is 0.375. The minimum atomic E-state index is -0.0985. The largest absolute Gasteiger partial charge is 0.345 e. The lowest BCUT2D eigenvalue weighted by atomic mass is 10.2. The standard InChI is InChI=1S/C16H20N2O2/c1-3-4-7-16(20)17-12-5-6-14-8-10-15(11-9-14)18-13(2)19/h8-11H,3-4,7,12H2,1-2H3,(H,17,20)(H,18,19). The van der Waals surface area contributed by atoms with Gasteiger partial charge in [-0.2, -0.15) is 0 Å². The van der Waals surface area contributed by atoms with Crippen LogP contribution in [0.3, 0.4) is 0 Å². The van der Waals surface area contributed by atoms with E-state index in [0.29, 0.717) is 13.0 Å². The molecule has 1 rings (SSSR count). The van der Waals surface area contributed by atoms with Gasteiger partial charge in [0.05, 0.1) is 6.54 Å². The average molecular weight is 272 g/mol. The molecule has 4 heteroatoms. The van der Waals surface area contributed by atoms with Crippen LogP contribution in [-0.2, 0) is 9.59 Å². The zero-order valence-electron chi connectivity index (χ0n) is 12.0. The Labute approximate surface area is 120 Å². The number of benzene rings is 1. The lowest BCUT2D eigenvalue weighted by Crippen LogP contribution is -2.22. The Kier molecular flexibility index (Phi) is 6.91. The molecule has 2 amide bonds. The fourth-order valence-corrected chi connectivity index (χ4v) is 1.55. The number of amides is 2. The van der Waals surface area contributed by atoms with E-state index in [4.69, 9.17) is 0 Å². The van der Waals surface area contributed by atoms with E-state index in [0.717, 1.165) is 24.1 Å². The van der Waals surface area contributed by atoms with Crippen LogP contribution in [0.25, 0.3) is 0 Å². The summed E-state index contributed by atoms with van der Waals surface area (Å²) in [6, 6.07) is 7.25. The average Bonchev–Trinajstić information content (AvgIpc) is 2.42. The molecule has 0 saturated heterocycles. The maximum Gasteiger partial charge on any atom is 0.221 e. The van der Waals surface area contributed by atoms with Crippen LogP contribution < -0.4 is 10.6 Å². The summed E-state index contributed by atoms with van der Waals surface area (Å²) in [5.74, 6) is 5.80. The number of carbonyl (C=O) groups is 2. The van der Waals surface area contributed by atoms with Gasteiger partial charge in [-0.05, 0) is 30.7 Å². The van der Waals surface area contributed by atoms with Crippen molar-refractivity contribution in [3.63, 3.8) is 0 Å². The van der Waals surface area contributed by atoms with Crippen molar-refractivity contribution >= 4 is 17.5 Å². The molecule has 20 heavy (non-hydrogen) atoms. The first-order valence-corrected chi connectivity index (χ1v) is 6.75. The molecule has 4 nitrogen and oxygen atoms in total. The molecule has 2 N–H and O–H groups in total. The van der Waals surface area contributed by atoms with Crippen LogP contribution in [0.4, 0.5) is 5.69 Å². The van der Waals surface area contributed by atoms with Gasteiger partial charge in [-0.15, -0.1) is 0 Å². The highest BCUT2D eigenvalue weighted by Gasteiger charge is 1.97. The highest BCUT2D eigenvalue weighted by atomic mass is 16.2. The summed E-state index contributed by atoms with van der Waals surface area (Å²) in [5, 5.41) is 5.45. The molecule has 0 saturated carbocycles. The zero-order valence-corrected chi connectivity index (χ0v) is 12.0. The van der Waals surface area contributed by atoms with Crippen LogP contribution in [0.2, 0.25) is 0 Å². The second-order valence-corrected chi connectivity index (χ2v) is 4.44. The van der Waals surface area contributed by atoms with Gasteiger partial charge in [0.2, 0.25) is 11.8 Å². The van der Waals surface area contributed by atoms with Gasteiger partial charge in [-0.25, -0.2) is 0 Å². The second kappa shape index (κ2) is 8.76. The molecule has 0 aromatic heterocycles. The minimum absolute atomic E-state index is 0.0437. The van der Waals surface area contributed by atoms with Gasteiger partial charge in [0.25, 0.3) is 0 Å². The minimum Gasteiger partial charge on any atom is -0.345 e. The van der Waals surface area contributed by atoms with Crippen LogP contribution in [0.5, 0.6) is 0 Å². The smallest absolute Gasteiger partial charge is 0.221 e. The number of hydrogen-bond acceptors (Lipinski definition) is 2. The SMILES string of the molecule is CCCCC(=O)NCC#Cc1ccc(NC(C)=O)cc1. The molecule has 0 bridgehead atoms. The van der Waals surface area contributed by atoms with E-state index < -0.39 is 0 Å². The van der Waals surface area contributed by atoms with E-state index in [-0.39, 0.29) is 11.8 Å². The Hall–Kier alpha value is -2.28. The quantitative estimate of drug-likeness (QED) is 0.808. The maximum absolute atomic E-state index is 11.3. The molecule has 1 aromatic carbocycles. The van der Waals surface area contributed by atoms with Crippen molar-refractivity contribution in [3.8, 4) is 11.8 Å². The zero-order chi connectivity index (χ0) is 14.8. The van der Waals surface area contributed by atoms with Gasteiger partial charge in [0.1, 0.15) is 0 Å². The summed E-state index contributed by atoms with van der Waals surface area (Å²) in [6.07, 6.45) is 2.48. The normalized spacial score (nSPS) is 9.30. The summed E-state index contributed by atoms with van der Waals surface area (Å²) in [6.45, 7) is 3.88. The molecule has 0 fully saturated rings. The Bertz CT molecular complexity index is 510. The third-order valence-electron chi connectivity index (χ3n) is 2.57. The number of hydrogen-bond donors (Lipinski definition) is 2. The van der Waals surface area contributed by atoms with Crippen molar-refractivity contribution in [1.29, 1.82) is 0 Å². The van der Waals surface area contributed by atoms with Gasteiger partial charge in [0, 0.05) is 24.6 Å². The van der Waals surface area contributed by atoms with Crippen LogP contribution in [0.1, 0.15) is 38.7 Å². The van der Waals surface area contributed by atoms with E-state index in [9.17, 15) is 9.59 Å². The Morgan fingerprint density at radius 1 is 1.20 bits per heavy atom. The van der Waals surface area contributed by atoms with E-state index in [2.05, 4.69) is 29.4 Å². The van der Waals surface area contributed by atoms with Gasteiger partial charge < -0.3 is 10.6 Å². The number of anilines is 1. The summed E-state index contributed by atoms with van der Waals surface area (Å²) in [7, 11) is 0. The summed E-state index contributed by atoms with van der Waals surface area (Å²) >= 11 is 0. The van der Waals surface area contributed by atoms with E-state index in [1.54, 1.807) is 12.1 Å². The van der Waals surface area contributed by atoms with E-state index in [1.165, 1.54) is 6.92 Å². The molecule has 0 aliphatic heterocycles. The highest BCUT2D eigenvalue weighted by Crippen LogP contribution is 2.08. The number of nitrogens with one attached hydrogen (secondary N) is 2. The summed E-state index contributed by atoms with van der Waals surface area (Å²) in [4.78, 5) is 22.2. The first-order valence-electron chi connectivity index (χ1n) is 6.75. The maximum atomic E-state index is 11.3. The lowest BCUT2D eigenvalue weighted by Gasteiger charge is -2.01. The van der Waals surface area contributed by atoms with Crippen LogP contribution >= 0.6 is 0 Å². The Morgan fingerprint density at radius 2 is 1.90 bits per heavy atom. The summed E-state index contributed by atoms with van der Waals surface area (Å²) in [5.41, 5.74) is 1.60. The Morgan fingerprint density at radius 3 is 2.50 bits per heavy atom. The van der Waals surface area contributed by atoms with Crippen molar-refractivity contribution in [2.24, 2.45) is 0 Å². The molecule has 0 spiro atoms. The third kappa shape index (κ3) is 6.60. The highest BCUT2D eigenvalue weighted by molar-refractivity contribution is 5.88. The second-order valence-electron chi connectivity index (χ2n) is 4.44. The molecule has 0 aliphatic carbocycles. The van der Waals surface area contributed by atoms with Crippen molar-refractivity contribution in [2.45, 2.75) is 33.1 Å². The van der Waals surface area contributed by atoms with E-state index >= 15 is 0 Å². The van der Waals surface area contributed by atoms with Gasteiger partial charge in [-0.3, -0.25) is 9.59 Å². The molecule has 106 valence electrons. The predicted molar refractivity (Wildman–Crippen MR) is 80.2 cm³/mol. The molecular weight excluding hydrogens is 252 g/mol. The van der Waals surface area contributed by atoms with Crippen LogP contribution in [-0.4, -0.2) is 18.4 Å². The lowest BCUT2D eigenvalue weighted by molar-refractivity contribution is -0.121. The predicted octanol–water partition coefficient (Wildman–Crippen LogP) is 2.30. The monoisotopic (exact) mass is 272 g/mol. The van der Waals surface area contributed by atoms with Crippen molar-refractivity contribution in [3.05, 3.63) is 29.8 Å².